The molecule has 60 valence electrons. The Morgan fingerprint density at radius 2 is 2.00 bits per heavy atom. The van der Waals surface area contributed by atoms with Crippen molar-refractivity contribution in [2.45, 2.75) is 0 Å². The molecule has 0 radical (unpaired) electrons. The van der Waals surface area contributed by atoms with Crippen LogP contribution in [0.3, 0.4) is 0 Å². The maximum Gasteiger partial charge on any atom is 0.288 e. The Kier molecular flexibility index (Phi) is 2.72. The summed E-state index contributed by atoms with van der Waals surface area (Å²) in [5.74, 6) is 0.174. The molecule has 0 bridgehead atoms. The zero-order chi connectivity index (χ0) is 8.81. The van der Waals surface area contributed by atoms with Gasteiger partial charge in [-0.25, -0.2) is 16.0 Å². The fourth-order valence-electron chi connectivity index (χ4n) is 0.597. The van der Waals surface area contributed by atoms with Crippen molar-refractivity contribution in [1.29, 1.82) is 11.1 Å². The van der Waals surface area contributed by atoms with Gasteiger partial charge in [0.1, 0.15) is 0 Å². The molecule has 6 nitrogen and oxygen atoms in total. The summed E-state index contributed by atoms with van der Waals surface area (Å²) in [7, 11) is 0. The lowest BCUT2D eigenvalue weighted by atomic mass is 10.5. The van der Waals surface area contributed by atoms with Gasteiger partial charge in [-0.05, 0) is 12.1 Å². The number of hydrogen-bond acceptors (Lipinski definition) is 4. The number of rotatable bonds is 1. The maximum absolute atomic E-state index is 6.56. The fourth-order valence-corrected chi connectivity index (χ4v) is 0.597. The molecule has 1 aromatic rings. The molecule has 1 aromatic heterocycles. The maximum atomic E-state index is 6.56. The van der Waals surface area contributed by atoms with E-state index in [2.05, 4.69) is 20.2 Å². The lowest BCUT2D eigenvalue weighted by Crippen LogP contribution is -1.84. The van der Waals surface area contributed by atoms with Crippen LogP contribution in [0.15, 0.2) is 39.6 Å². The normalized spacial score (nSPS) is 8.67. The zero-order valence-corrected chi connectivity index (χ0v) is 6.10. The average molecular weight is 162 g/mol. The van der Waals surface area contributed by atoms with Crippen molar-refractivity contribution in [3.8, 4) is 0 Å². The van der Waals surface area contributed by atoms with Crippen LogP contribution in [0.1, 0.15) is 0 Å². The Morgan fingerprint density at radius 3 is 2.50 bits per heavy atom. The number of hydrogen-bond donors (Lipinski definition) is 2. The summed E-state index contributed by atoms with van der Waals surface area (Å²) in [6, 6.07) is 5.13. The molecule has 1 heterocycles. The standard InChI is InChI=1S/C6H6N6/c7-11-6(12-8)10-5-3-1-2-4-9-5/h1-4,7-8H. The van der Waals surface area contributed by atoms with Gasteiger partial charge in [-0.15, -0.1) is 10.2 Å². The summed E-state index contributed by atoms with van der Waals surface area (Å²) >= 11 is 0. The zero-order valence-electron chi connectivity index (χ0n) is 6.10. The minimum absolute atomic E-state index is 0.214. The van der Waals surface area contributed by atoms with E-state index in [-0.39, 0.29) is 5.96 Å². The van der Waals surface area contributed by atoms with E-state index in [0.717, 1.165) is 0 Å². The van der Waals surface area contributed by atoms with Crippen molar-refractivity contribution in [2.24, 2.45) is 15.2 Å². The minimum atomic E-state index is -0.214. The third kappa shape index (κ3) is 2.01. The largest absolute Gasteiger partial charge is 0.288 e. The summed E-state index contributed by atoms with van der Waals surface area (Å²) in [6.45, 7) is 0. The summed E-state index contributed by atoms with van der Waals surface area (Å²) in [5, 5.41) is 5.82. The van der Waals surface area contributed by atoms with Crippen LogP contribution in [0.2, 0.25) is 0 Å². The van der Waals surface area contributed by atoms with Crippen molar-refractivity contribution in [3.05, 3.63) is 24.4 Å². The predicted molar refractivity (Wildman–Crippen MR) is 41.6 cm³/mol. The van der Waals surface area contributed by atoms with Crippen LogP contribution in [0.4, 0.5) is 5.82 Å². The van der Waals surface area contributed by atoms with Crippen LogP contribution in [0.5, 0.6) is 0 Å². The highest BCUT2D eigenvalue weighted by Gasteiger charge is 1.92. The second-order valence-electron chi connectivity index (χ2n) is 1.82. The molecule has 1 rings (SSSR count). The predicted octanol–water partition coefficient (Wildman–Crippen LogP) is 2.13. The van der Waals surface area contributed by atoms with Crippen LogP contribution < -0.4 is 0 Å². The van der Waals surface area contributed by atoms with E-state index in [1.54, 1.807) is 24.4 Å². The van der Waals surface area contributed by atoms with Crippen LogP contribution in [0.25, 0.3) is 0 Å². The monoisotopic (exact) mass is 162 g/mol. The van der Waals surface area contributed by atoms with Gasteiger partial charge in [0.05, 0.1) is 0 Å². The molecule has 0 saturated carbocycles. The first-order chi connectivity index (χ1) is 5.86. The molecule has 0 aliphatic heterocycles. The molecular weight excluding hydrogens is 156 g/mol. The topological polar surface area (TPSA) is 97.7 Å². The molecule has 0 aliphatic carbocycles. The Morgan fingerprint density at radius 1 is 1.25 bits per heavy atom. The van der Waals surface area contributed by atoms with E-state index in [4.69, 9.17) is 11.1 Å². The van der Waals surface area contributed by atoms with Gasteiger partial charge in [-0.1, -0.05) is 6.07 Å². The molecule has 6 heteroatoms. The number of guanidine groups is 1. The summed E-state index contributed by atoms with van der Waals surface area (Å²) in [4.78, 5) is 7.53. The Balaban J connectivity index is 2.93. The third-order valence-electron chi connectivity index (χ3n) is 1.06. The molecule has 0 saturated heterocycles. The first kappa shape index (κ1) is 8.12. The van der Waals surface area contributed by atoms with Gasteiger partial charge in [-0.3, -0.25) is 0 Å². The highest BCUT2D eigenvalue weighted by molar-refractivity contribution is 5.82. The first-order valence-corrected chi connectivity index (χ1v) is 3.11. The summed E-state index contributed by atoms with van der Waals surface area (Å²) in [6.07, 6.45) is 1.56. The summed E-state index contributed by atoms with van der Waals surface area (Å²) < 4.78 is 0. The molecule has 0 aromatic carbocycles. The quantitative estimate of drug-likeness (QED) is 0.369. The van der Waals surface area contributed by atoms with Gasteiger partial charge in [0.25, 0.3) is 5.96 Å². The molecule has 2 N–H and O–H groups in total. The number of nitrogens with zero attached hydrogens (tertiary/aromatic N) is 4. The van der Waals surface area contributed by atoms with E-state index in [9.17, 15) is 0 Å². The van der Waals surface area contributed by atoms with Gasteiger partial charge in [0.2, 0.25) is 0 Å². The number of pyridine rings is 1. The molecule has 0 atom stereocenters. The Hall–Kier alpha value is -1.98. The Labute approximate surface area is 68.4 Å². The summed E-state index contributed by atoms with van der Waals surface area (Å²) in [5.41, 5.74) is 13.1. The molecule has 0 unspecified atom stereocenters. The highest BCUT2D eigenvalue weighted by atomic mass is 15.2. The number of aliphatic imine (C=N–C) groups is 1. The van der Waals surface area contributed by atoms with Crippen LogP contribution in [-0.2, 0) is 0 Å². The van der Waals surface area contributed by atoms with E-state index in [0.29, 0.717) is 5.82 Å². The van der Waals surface area contributed by atoms with E-state index >= 15 is 0 Å². The van der Waals surface area contributed by atoms with Gasteiger partial charge < -0.3 is 0 Å². The Bertz CT molecular complexity index is 293. The number of aromatic nitrogens is 1. The molecule has 0 aliphatic rings. The van der Waals surface area contributed by atoms with E-state index < -0.39 is 0 Å². The van der Waals surface area contributed by atoms with Crippen LogP contribution in [0, 0.1) is 11.1 Å². The smallest absolute Gasteiger partial charge is 0.237 e. The SMILES string of the molecule is N=NC(N=N)=Nc1ccccn1. The second kappa shape index (κ2) is 4.02. The molecular formula is C6H6N6. The fraction of sp³-hybridized carbons (Fsp3) is 0. The van der Waals surface area contributed by atoms with Gasteiger partial charge in [-0.2, -0.15) is 4.99 Å². The molecule has 0 amide bonds. The van der Waals surface area contributed by atoms with Gasteiger partial charge in [0.15, 0.2) is 5.82 Å². The average Bonchev–Trinajstić information content (AvgIpc) is 2.16. The number of nitrogens with one attached hydrogen (secondary N) is 2. The lowest BCUT2D eigenvalue weighted by Gasteiger charge is -1.89. The van der Waals surface area contributed by atoms with E-state index in [1.165, 1.54) is 0 Å². The molecule has 0 fully saturated rings. The first-order valence-electron chi connectivity index (χ1n) is 3.11. The second-order valence-corrected chi connectivity index (χ2v) is 1.82. The van der Waals surface area contributed by atoms with Gasteiger partial charge in [0, 0.05) is 6.20 Å². The van der Waals surface area contributed by atoms with Crippen molar-refractivity contribution >= 4 is 11.8 Å². The van der Waals surface area contributed by atoms with Crippen molar-refractivity contribution in [2.75, 3.05) is 0 Å². The van der Waals surface area contributed by atoms with E-state index in [1.807, 2.05) is 0 Å². The molecule has 12 heavy (non-hydrogen) atoms. The third-order valence-corrected chi connectivity index (χ3v) is 1.06. The van der Waals surface area contributed by atoms with Crippen molar-refractivity contribution in [3.63, 3.8) is 0 Å². The van der Waals surface area contributed by atoms with Crippen LogP contribution in [-0.4, -0.2) is 10.9 Å². The highest BCUT2D eigenvalue weighted by Crippen LogP contribution is 2.05. The molecule has 0 spiro atoms. The van der Waals surface area contributed by atoms with Crippen molar-refractivity contribution in [1.82, 2.24) is 4.98 Å². The minimum Gasteiger partial charge on any atom is -0.237 e. The van der Waals surface area contributed by atoms with Gasteiger partial charge >= 0.3 is 0 Å². The van der Waals surface area contributed by atoms with Crippen LogP contribution >= 0.6 is 0 Å². The van der Waals surface area contributed by atoms with Crippen molar-refractivity contribution < 1.29 is 0 Å². The lowest BCUT2D eigenvalue weighted by molar-refractivity contribution is 1.08.